The molecule has 1 aliphatic heterocycles. The molecule has 1 amide bonds. The number of hydrogen-bond acceptors (Lipinski definition) is 5. The average molecular weight is 325 g/mol. The number of rotatable bonds is 3. The number of nitrogens with zero attached hydrogens (tertiary/aromatic N) is 2. The highest BCUT2D eigenvalue weighted by atomic mass is 16.3. The minimum absolute atomic E-state index is 0.0838. The van der Waals surface area contributed by atoms with Crippen LogP contribution in [0.25, 0.3) is 5.76 Å². The summed E-state index contributed by atoms with van der Waals surface area (Å²) >= 11 is 0. The monoisotopic (exact) mass is 325 g/mol. The molecule has 1 unspecified atom stereocenters. The lowest BCUT2D eigenvalue weighted by Gasteiger charge is -2.37. The number of likely N-dealkylation sites (N-methyl/N-ethyl adjacent to an activating group) is 1. The van der Waals surface area contributed by atoms with Crippen molar-refractivity contribution in [3.8, 4) is 0 Å². The first kappa shape index (κ1) is 16.0. The van der Waals surface area contributed by atoms with Gasteiger partial charge in [-0.15, -0.1) is 0 Å². The molecule has 2 heterocycles. The lowest BCUT2D eigenvalue weighted by molar-refractivity contribution is 0.0944. The molecule has 0 saturated carbocycles. The van der Waals surface area contributed by atoms with Gasteiger partial charge in [-0.3, -0.25) is 9.78 Å². The number of benzene rings is 1. The van der Waals surface area contributed by atoms with E-state index in [2.05, 4.69) is 10.3 Å². The van der Waals surface area contributed by atoms with Gasteiger partial charge in [-0.2, -0.15) is 0 Å². The summed E-state index contributed by atoms with van der Waals surface area (Å²) in [5, 5.41) is 23.9. The molecule has 3 N–H and O–H groups in total. The zero-order valence-electron chi connectivity index (χ0n) is 13.5. The van der Waals surface area contributed by atoms with E-state index >= 15 is 0 Å². The standard InChI is InChI=1S/C18H19N3O3/c1-3-21-13-6-4-5-11(2)14(13)16(22)15(18(21)24)20-17(23)12-7-9-19-10-8-12/h4-10,18,22,24H,3H2,1-2H3,(H,20,23). The number of hydrogen-bond donors (Lipinski definition) is 3. The summed E-state index contributed by atoms with van der Waals surface area (Å²) in [6, 6.07) is 8.73. The molecule has 0 saturated heterocycles. The van der Waals surface area contributed by atoms with E-state index < -0.39 is 12.1 Å². The zero-order chi connectivity index (χ0) is 17.3. The highest BCUT2D eigenvalue weighted by Crippen LogP contribution is 2.37. The van der Waals surface area contributed by atoms with Crippen LogP contribution in [0.15, 0.2) is 48.4 Å². The average Bonchev–Trinajstić information content (AvgIpc) is 2.59. The van der Waals surface area contributed by atoms with Crippen LogP contribution in [0, 0.1) is 6.92 Å². The Morgan fingerprint density at radius 2 is 2.00 bits per heavy atom. The van der Waals surface area contributed by atoms with Gasteiger partial charge in [0.25, 0.3) is 5.91 Å². The number of fused-ring (bicyclic) bond motifs is 1. The molecular formula is C18H19N3O3. The maximum absolute atomic E-state index is 12.4. The van der Waals surface area contributed by atoms with Crippen LogP contribution in [0.2, 0.25) is 0 Å². The Labute approximate surface area is 140 Å². The Bertz CT molecular complexity index is 802. The number of carbonyl (C=O) groups is 1. The first-order valence-electron chi connectivity index (χ1n) is 7.73. The summed E-state index contributed by atoms with van der Waals surface area (Å²) in [5.41, 5.74) is 2.71. The molecular weight excluding hydrogens is 306 g/mol. The fraction of sp³-hybridized carbons (Fsp3) is 0.222. The Morgan fingerprint density at radius 1 is 1.29 bits per heavy atom. The third-order valence-corrected chi connectivity index (χ3v) is 4.14. The SMILES string of the molecule is CCN1c2cccc(C)c2C(O)=C(NC(=O)c2ccncc2)C1O. The van der Waals surface area contributed by atoms with Crippen molar-refractivity contribution in [2.24, 2.45) is 0 Å². The molecule has 2 aromatic rings. The molecule has 3 rings (SSSR count). The van der Waals surface area contributed by atoms with Crippen LogP contribution in [0.5, 0.6) is 0 Å². The van der Waals surface area contributed by atoms with Gasteiger partial charge in [-0.05, 0) is 37.6 Å². The van der Waals surface area contributed by atoms with Crippen LogP contribution >= 0.6 is 0 Å². The second-order valence-electron chi connectivity index (χ2n) is 5.58. The van der Waals surface area contributed by atoms with Crippen LogP contribution in [-0.2, 0) is 0 Å². The van der Waals surface area contributed by atoms with E-state index in [1.165, 1.54) is 12.4 Å². The predicted molar refractivity (Wildman–Crippen MR) is 91.5 cm³/mol. The molecule has 0 aliphatic carbocycles. The van der Waals surface area contributed by atoms with Gasteiger partial charge in [0.1, 0.15) is 11.5 Å². The maximum atomic E-state index is 12.4. The summed E-state index contributed by atoms with van der Waals surface area (Å²) in [5.74, 6) is -0.520. The van der Waals surface area contributed by atoms with Crippen molar-refractivity contribution in [3.05, 3.63) is 65.1 Å². The Kier molecular flexibility index (Phi) is 4.22. The summed E-state index contributed by atoms with van der Waals surface area (Å²) in [7, 11) is 0. The quantitative estimate of drug-likeness (QED) is 0.805. The molecule has 0 bridgehead atoms. The molecule has 0 radical (unpaired) electrons. The molecule has 0 spiro atoms. The van der Waals surface area contributed by atoms with Crippen molar-refractivity contribution in [3.63, 3.8) is 0 Å². The van der Waals surface area contributed by atoms with Crippen molar-refractivity contribution >= 4 is 17.4 Å². The molecule has 24 heavy (non-hydrogen) atoms. The van der Waals surface area contributed by atoms with Gasteiger partial charge in [0.2, 0.25) is 0 Å². The van der Waals surface area contributed by atoms with Gasteiger partial charge in [-0.1, -0.05) is 12.1 Å². The van der Waals surface area contributed by atoms with Gasteiger partial charge >= 0.3 is 0 Å². The topological polar surface area (TPSA) is 85.7 Å². The van der Waals surface area contributed by atoms with Crippen molar-refractivity contribution in [2.75, 3.05) is 11.4 Å². The normalized spacial score (nSPS) is 16.8. The first-order valence-corrected chi connectivity index (χ1v) is 7.73. The Balaban J connectivity index is 2.04. The molecule has 6 nitrogen and oxygen atoms in total. The second kappa shape index (κ2) is 6.33. The molecule has 1 aliphatic rings. The lowest BCUT2D eigenvalue weighted by Crippen LogP contribution is -2.45. The highest BCUT2D eigenvalue weighted by molar-refractivity contribution is 5.96. The van der Waals surface area contributed by atoms with E-state index in [1.807, 2.05) is 32.0 Å². The van der Waals surface area contributed by atoms with Crippen LogP contribution < -0.4 is 10.2 Å². The van der Waals surface area contributed by atoms with Crippen molar-refractivity contribution < 1.29 is 15.0 Å². The molecule has 6 heteroatoms. The summed E-state index contributed by atoms with van der Waals surface area (Å²) in [4.78, 5) is 18.0. The van der Waals surface area contributed by atoms with Crippen LogP contribution in [-0.4, -0.2) is 33.9 Å². The van der Waals surface area contributed by atoms with Crippen LogP contribution in [0.1, 0.15) is 28.4 Å². The number of aliphatic hydroxyl groups is 2. The van der Waals surface area contributed by atoms with E-state index in [1.54, 1.807) is 17.0 Å². The highest BCUT2D eigenvalue weighted by Gasteiger charge is 2.33. The molecule has 1 aromatic carbocycles. The number of pyridine rings is 1. The van der Waals surface area contributed by atoms with E-state index in [4.69, 9.17) is 0 Å². The van der Waals surface area contributed by atoms with Gasteiger partial charge in [-0.25, -0.2) is 0 Å². The largest absolute Gasteiger partial charge is 0.505 e. The number of amides is 1. The van der Waals surface area contributed by atoms with E-state index in [0.29, 0.717) is 17.7 Å². The fourth-order valence-corrected chi connectivity index (χ4v) is 2.91. The van der Waals surface area contributed by atoms with E-state index in [9.17, 15) is 15.0 Å². The van der Waals surface area contributed by atoms with Crippen molar-refractivity contribution in [1.82, 2.24) is 10.3 Å². The van der Waals surface area contributed by atoms with Gasteiger partial charge < -0.3 is 20.4 Å². The first-order chi connectivity index (χ1) is 11.5. The summed E-state index contributed by atoms with van der Waals surface area (Å²) in [6.45, 7) is 4.31. The maximum Gasteiger partial charge on any atom is 0.255 e. The van der Waals surface area contributed by atoms with Gasteiger partial charge in [0, 0.05) is 30.1 Å². The number of aliphatic hydroxyl groups excluding tert-OH is 2. The number of anilines is 1. The number of carbonyl (C=O) groups excluding carboxylic acids is 1. The summed E-state index contributed by atoms with van der Waals surface area (Å²) in [6.07, 6.45) is 1.89. The molecule has 124 valence electrons. The van der Waals surface area contributed by atoms with E-state index in [0.717, 1.165) is 11.3 Å². The second-order valence-corrected chi connectivity index (χ2v) is 5.58. The molecule has 0 fully saturated rings. The summed E-state index contributed by atoms with van der Waals surface area (Å²) < 4.78 is 0. The number of aromatic nitrogens is 1. The third kappa shape index (κ3) is 2.61. The predicted octanol–water partition coefficient (Wildman–Crippen LogP) is 2.20. The Hall–Kier alpha value is -2.86. The van der Waals surface area contributed by atoms with Crippen LogP contribution in [0.4, 0.5) is 5.69 Å². The number of aryl methyl sites for hydroxylation is 1. The molecule has 1 atom stereocenters. The lowest BCUT2D eigenvalue weighted by atomic mass is 9.98. The van der Waals surface area contributed by atoms with Crippen molar-refractivity contribution in [1.29, 1.82) is 0 Å². The Morgan fingerprint density at radius 3 is 2.67 bits per heavy atom. The molecule has 1 aromatic heterocycles. The minimum Gasteiger partial charge on any atom is -0.505 e. The van der Waals surface area contributed by atoms with Crippen molar-refractivity contribution in [2.45, 2.75) is 20.1 Å². The van der Waals surface area contributed by atoms with Gasteiger partial charge in [0.15, 0.2) is 6.23 Å². The fourth-order valence-electron chi connectivity index (χ4n) is 2.91. The number of nitrogens with one attached hydrogen (secondary N) is 1. The van der Waals surface area contributed by atoms with E-state index in [-0.39, 0.29) is 11.5 Å². The third-order valence-electron chi connectivity index (χ3n) is 4.14. The van der Waals surface area contributed by atoms with Gasteiger partial charge in [0.05, 0.1) is 5.69 Å². The van der Waals surface area contributed by atoms with Crippen LogP contribution in [0.3, 0.4) is 0 Å². The smallest absolute Gasteiger partial charge is 0.255 e. The zero-order valence-corrected chi connectivity index (χ0v) is 13.5. The minimum atomic E-state index is -1.13.